The van der Waals surface area contributed by atoms with Crippen molar-refractivity contribution in [2.24, 2.45) is 0 Å². The Hall–Kier alpha value is -2.96. The third kappa shape index (κ3) is 5.40. The summed E-state index contributed by atoms with van der Waals surface area (Å²) < 4.78 is 5.41. The molecule has 1 saturated heterocycles. The molecule has 2 amide bonds. The number of rotatable bonds is 7. The van der Waals surface area contributed by atoms with E-state index in [0.29, 0.717) is 17.8 Å². The molecule has 0 spiro atoms. The molecule has 2 aromatic carbocycles. The van der Waals surface area contributed by atoms with Crippen LogP contribution in [-0.2, 0) is 19.7 Å². The van der Waals surface area contributed by atoms with Crippen molar-refractivity contribution in [2.45, 2.75) is 39.5 Å². The first-order valence-electron chi connectivity index (χ1n) is 12.1. The van der Waals surface area contributed by atoms with Gasteiger partial charge in [0.1, 0.15) is 5.70 Å². The molecule has 0 bridgehead atoms. The number of carbonyl (C=O) groups is 2. The van der Waals surface area contributed by atoms with E-state index in [-0.39, 0.29) is 17.2 Å². The maximum absolute atomic E-state index is 13.4. The lowest BCUT2D eigenvalue weighted by molar-refractivity contribution is -0.136. The lowest BCUT2D eigenvalue weighted by Crippen LogP contribution is -2.39. The van der Waals surface area contributed by atoms with Gasteiger partial charge in [0.2, 0.25) is 0 Å². The second-order valence-corrected chi connectivity index (χ2v) is 10.1. The van der Waals surface area contributed by atoms with Gasteiger partial charge < -0.3 is 10.1 Å². The average molecular weight is 462 g/mol. The van der Waals surface area contributed by atoms with Crippen molar-refractivity contribution >= 4 is 23.1 Å². The summed E-state index contributed by atoms with van der Waals surface area (Å²) in [6, 6.07) is 15.8. The molecule has 6 nitrogen and oxygen atoms in total. The van der Waals surface area contributed by atoms with Crippen molar-refractivity contribution in [2.75, 3.05) is 44.7 Å². The number of carbonyl (C=O) groups excluding carboxylic acids is 2. The highest BCUT2D eigenvalue weighted by molar-refractivity contribution is 6.36. The number of ether oxygens (including phenoxy) is 1. The smallest absolute Gasteiger partial charge is 0.278 e. The summed E-state index contributed by atoms with van der Waals surface area (Å²) in [7, 11) is 0. The number of anilines is 1. The van der Waals surface area contributed by atoms with Crippen LogP contribution in [0.2, 0.25) is 0 Å². The number of imide groups is 1. The van der Waals surface area contributed by atoms with E-state index >= 15 is 0 Å². The zero-order chi connectivity index (χ0) is 24.3. The van der Waals surface area contributed by atoms with Crippen molar-refractivity contribution in [3.05, 3.63) is 70.9 Å². The Morgan fingerprint density at radius 3 is 2.15 bits per heavy atom. The van der Waals surface area contributed by atoms with E-state index in [0.717, 1.165) is 56.1 Å². The summed E-state index contributed by atoms with van der Waals surface area (Å²) in [5.41, 5.74) is 4.71. The maximum Gasteiger partial charge on any atom is 0.278 e. The van der Waals surface area contributed by atoms with Crippen LogP contribution in [0.25, 0.3) is 5.57 Å². The zero-order valence-corrected chi connectivity index (χ0v) is 20.7. The predicted octanol–water partition coefficient (Wildman–Crippen LogP) is 4.21. The molecular formula is C28H35N3O3. The first-order valence-corrected chi connectivity index (χ1v) is 12.1. The molecular weight excluding hydrogens is 426 g/mol. The van der Waals surface area contributed by atoms with Crippen molar-refractivity contribution < 1.29 is 14.3 Å². The fourth-order valence-corrected chi connectivity index (χ4v) is 4.36. The number of hydrogen-bond donors (Lipinski definition) is 1. The summed E-state index contributed by atoms with van der Waals surface area (Å²) >= 11 is 0. The van der Waals surface area contributed by atoms with Gasteiger partial charge in [-0.25, -0.2) is 0 Å². The first kappa shape index (κ1) is 24.2. The van der Waals surface area contributed by atoms with E-state index < -0.39 is 0 Å². The zero-order valence-electron chi connectivity index (χ0n) is 20.7. The SMILES string of the molecule is Cc1ccc(C2=C(Nc3ccc(C(C)(C)C)cc3)C(=O)N(CCCN3CCOCC3)C2=O)cc1. The Labute approximate surface area is 202 Å². The highest BCUT2D eigenvalue weighted by Crippen LogP contribution is 2.31. The lowest BCUT2D eigenvalue weighted by atomic mass is 9.87. The molecule has 6 heteroatoms. The Morgan fingerprint density at radius 2 is 1.53 bits per heavy atom. The number of hydrogen-bond acceptors (Lipinski definition) is 5. The number of nitrogens with one attached hydrogen (secondary N) is 1. The summed E-state index contributed by atoms with van der Waals surface area (Å²) in [4.78, 5) is 30.6. The van der Waals surface area contributed by atoms with Crippen molar-refractivity contribution in [1.29, 1.82) is 0 Å². The van der Waals surface area contributed by atoms with Gasteiger partial charge >= 0.3 is 0 Å². The number of nitrogens with zero attached hydrogens (tertiary/aromatic N) is 2. The summed E-state index contributed by atoms with van der Waals surface area (Å²) in [5, 5.41) is 3.27. The summed E-state index contributed by atoms with van der Waals surface area (Å²) in [5.74, 6) is -0.493. The molecule has 2 heterocycles. The Bertz CT molecular complexity index is 1060. The van der Waals surface area contributed by atoms with Crippen LogP contribution in [0, 0.1) is 6.92 Å². The van der Waals surface area contributed by atoms with Crippen molar-refractivity contribution in [1.82, 2.24) is 9.80 Å². The normalized spacial score (nSPS) is 17.6. The van der Waals surface area contributed by atoms with E-state index in [1.54, 1.807) is 0 Å². The summed E-state index contributed by atoms with van der Waals surface area (Å²) in [6.07, 6.45) is 0.742. The summed E-state index contributed by atoms with van der Waals surface area (Å²) in [6.45, 7) is 13.0. The molecule has 0 unspecified atom stereocenters. The largest absolute Gasteiger partial charge is 0.379 e. The quantitative estimate of drug-likeness (QED) is 0.626. The van der Waals surface area contributed by atoms with Gasteiger partial charge in [0.05, 0.1) is 18.8 Å². The Kier molecular flexibility index (Phi) is 7.19. The standard InChI is InChI=1S/C28H35N3O3/c1-20-6-8-21(9-7-20)24-25(29-23-12-10-22(11-13-23)28(2,3)4)27(33)31(26(24)32)15-5-14-30-16-18-34-19-17-30/h6-13,29H,5,14-19H2,1-4H3. The lowest BCUT2D eigenvalue weighted by Gasteiger charge is -2.27. The van der Waals surface area contributed by atoms with Crippen LogP contribution in [0.5, 0.6) is 0 Å². The van der Waals surface area contributed by atoms with Gasteiger partial charge in [-0.2, -0.15) is 0 Å². The van der Waals surface area contributed by atoms with Gasteiger partial charge in [-0.05, 0) is 42.0 Å². The van der Waals surface area contributed by atoms with Gasteiger partial charge in [0.15, 0.2) is 0 Å². The molecule has 34 heavy (non-hydrogen) atoms. The van der Waals surface area contributed by atoms with Crippen molar-refractivity contribution in [3.8, 4) is 0 Å². The van der Waals surface area contributed by atoms with Gasteiger partial charge in [-0.15, -0.1) is 0 Å². The van der Waals surface area contributed by atoms with Crippen LogP contribution < -0.4 is 5.32 Å². The molecule has 180 valence electrons. The molecule has 2 aromatic rings. The van der Waals surface area contributed by atoms with Crippen LogP contribution in [0.1, 0.15) is 43.9 Å². The highest BCUT2D eigenvalue weighted by Gasteiger charge is 2.39. The molecule has 4 rings (SSSR count). The molecule has 2 aliphatic rings. The van der Waals surface area contributed by atoms with E-state index in [4.69, 9.17) is 4.74 Å². The van der Waals surface area contributed by atoms with E-state index in [2.05, 4.69) is 43.1 Å². The molecule has 0 aromatic heterocycles. The van der Waals surface area contributed by atoms with Gasteiger partial charge in [-0.3, -0.25) is 19.4 Å². The highest BCUT2D eigenvalue weighted by atomic mass is 16.5. The maximum atomic E-state index is 13.4. The van der Waals surface area contributed by atoms with Gasteiger partial charge in [0, 0.05) is 31.9 Å². The Balaban J connectivity index is 1.56. The fraction of sp³-hybridized carbons (Fsp3) is 0.429. The van der Waals surface area contributed by atoms with Crippen LogP contribution in [0.3, 0.4) is 0 Å². The molecule has 0 saturated carbocycles. The second kappa shape index (κ2) is 10.1. The van der Waals surface area contributed by atoms with Crippen LogP contribution in [0.15, 0.2) is 54.2 Å². The van der Waals surface area contributed by atoms with E-state index in [1.807, 2.05) is 43.3 Å². The number of aryl methyl sites for hydroxylation is 1. The van der Waals surface area contributed by atoms with Crippen LogP contribution >= 0.6 is 0 Å². The molecule has 2 aliphatic heterocycles. The van der Waals surface area contributed by atoms with Crippen LogP contribution in [-0.4, -0.2) is 61.0 Å². The molecule has 0 radical (unpaired) electrons. The third-order valence-corrected chi connectivity index (χ3v) is 6.49. The fourth-order valence-electron chi connectivity index (χ4n) is 4.36. The first-order chi connectivity index (χ1) is 16.2. The molecule has 0 atom stereocenters. The second-order valence-electron chi connectivity index (χ2n) is 10.1. The Morgan fingerprint density at radius 1 is 0.882 bits per heavy atom. The average Bonchev–Trinajstić information content (AvgIpc) is 3.04. The van der Waals surface area contributed by atoms with E-state index in [9.17, 15) is 9.59 Å². The molecule has 1 N–H and O–H groups in total. The predicted molar refractivity (Wildman–Crippen MR) is 135 cm³/mol. The number of morpholine rings is 1. The van der Waals surface area contributed by atoms with E-state index in [1.165, 1.54) is 10.5 Å². The minimum Gasteiger partial charge on any atom is -0.379 e. The number of amides is 2. The number of benzene rings is 2. The molecule has 1 fully saturated rings. The van der Waals surface area contributed by atoms with Gasteiger partial charge in [0.25, 0.3) is 11.8 Å². The minimum atomic E-state index is -0.262. The molecule has 0 aliphatic carbocycles. The third-order valence-electron chi connectivity index (χ3n) is 6.49. The monoisotopic (exact) mass is 461 g/mol. The van der Waals surface area contributed by atoms with Crippen molar-refractivity contribution in [3.63, 3.8) is 0 Å². The topological polar surface area (TPSA) is 61.9 Å². The van der Waals surface area contributed by atoms with Crippen LogP contribution in [0.4, 0.5) is 5.69 Å². The van der Waals surface area contributed by atoms with Gasteiger partial charge in [-0.1, -0.05) is 62.7 Å². The minimum absolute atomic E-state index is 0.0429.